The van der Waals surface area contributed by atoms with E-state index >= 15 is 0 Å². The number of ether oxygens (including phenoxy) is 6. The van der Waals surface area contributed by atoms with Gasteiger partial charge in [-0.15, -0.1) is 5.10 Å². The third-order valence-corrected chi connectivity index (χ3v) is 16.4. The zero-order valence-corrected chi connectivity index (χ0v) is 48.7. The number of aliphatic hydroxyl groups is 6. The van der Waals surface area contributed by atoms with Crippen molar-refractivity contribution in [2.24, 2.45) is 22.9 Å². The van der Waals surface area contributed by atoms with E-state index < -0.39 is 133 Å². The molecular weight excluding hydrogens is 1140 g/mol. The number of aromatic nitrogens is 4. The standard InChI is InChI=1S/C61H77N11O16/c1-61(2,3)88-60(82)72-26-31(33-15-11-12-20-43(33)72)21-41(55(79)66-25-30-13-5-4-6-14-30)67-56(80)42(68-59(81)83-29-38-36-18-9-7-16-34(36)35-17-8-10-19-37(35)38)22-32-27-71(70-69-32)28-45-47(73)46(65)49(75)57(85-45)86-53-39(63)23-40(64)54(52(53)78)87-58-51(77)50(76)48(74)44(24-62)84-58/h4-20,26-27,38-42,44-54,57-58,73-78H,21-25,28-29,62-65H2,1-3H3,(H,66,79)(H,67,80)(H,68,81)/t39-,40+,41?,42?,44+,45+,46-,47+,48+,49+,50-,51+,52-,53+,54-,57+,58+/m0/s1. The van der Waals surface area contributed by atoms with Gasteiger partial charge >= 0.3 is 12.2 Å². The monoisotopic (exact) mass is 1220 g/mol. The molecule has 2 saturated heterocycles. The summed E-state index contributed by atoms with van der Waals surface area (Å²) in [6.07, 6.45) is -17.4. The van der Waals surface area contributed by atoms with Crippen LogP contribution in [0.4, 0.5) is 9.59 Å². The lowest BCUT2D eigenvalue weighted by molar-refractivity contribution is -0.331. The first-order chi connectivity index (χ1) is 42.1. The maximum atomic E-state index is 15.0. The number of benzene rings is 4. The zero-order chi connectivity index (χ0) is 62.7. The summed E-state index contributed by atoms with van der Waals surface area (Å²) in [5.41, 5.74) is 29.9. The van der Waals surface area contributed by atoms with Gasteiger partial charge in [-0.25, -0.2) is 14.3 Å². The second kappa shape index (κ2) is 27.2. The van der Waals surface area contributed by atoms with Gasteiger partial charge < -0.3 is 97.9 Å². The van der Waals surface area contributed by atoms with E-state index in [1.165, 1.54) is 15.4 Å². The number of nitrogens with zero attached hydrogens (tertiary/aromatic N) is 4. The molecular formula is C61H77N11O16. The van der Waals surface area contributed by atoms with Crippen molar-refractivity contribution in [3.8, 4) is 11.1 Å². The Labute approximate surface area is 506 Å². The van der Waals surface area contributed by atoms with Gasteiger partial charge in [0.1, 0.15) is 79.2 Å². The second-order valence-electron chi connectivity index (χ2n) is 23.8. The number of carbonyl (C=O) groups is 4. The van der Waals surface area contributed by atoms with Gasteiger partial charge in [0.25, 0.3) is 0 Å². The average Bonchev–Trinajstić information content (AvgIpc) is 1.74. The van der Waals surface area contributed by atoms with Crippen LogP contribution in [0.25, 0.3) is 22.0 Å². The fourth-order valence-electron chi connectivity index (χ4n) is 11.8. The van der Waals surface area contributed by atoms with Crippen LogP contribution in [0.1, 0.15) is 61.1 Å². The fraction of sp³-hybridized carbons (Fsp3) is 0.475. The number of hydrogen-bond donors (Lipinski definition) is 13. The van der Waals surface area contributed by atoms with Gasteiger partial charge in [-0.2, -0.15) is 0 Å². The van der Waals surface area contributed by atoms with Crippen LogP contribution in [0.3, 0.4) is 0 Å². The number of para-hydroxylation sites is 1. The van der Waals surface area contributed by atoms with E-state index in [1.807, 2.05) is 78.9 Å². The van der Waals surface area contributed by atoms with Gasteiger partial charge in [-0.05, 0) is 66.6 Å². The molecule has 4 aromatic carbocycles. The Morgan fingerprint density at radius 1 is 0.682 bits per heavy atom. The number of fused-ring (bicyclic) bond motifs is 4. The Bertz CT molecular complexity index is 3360. The molecule has 4 heterocycles. The highest BCUT2D eigenvalue weighted by Crippen LogP contribution is 2.44. The van der Waals surface area contributed by atoms with Gasteiger partial charge in [-0.3, -0.25) is 14.2 Å². The van der Waals surface area contributed by atoms with Crippen molar-refractivity contribution in [1.29, 1.82) is 0 Å². The maximum absolute atomic E-state index is 15.0. The molecule has 3 fully saturated rings. The highest BCUT2D eigenvalue weighted by atomic mass is 16.7. The minimum Gasteiger partial charge on any atom is -0.449 e. The molecule has 88 heavy (non-hydrogen) atoms. The summed E-state index contributed by atoms with van der Waals surface area (Å²) in [4.78, 5) is 57.2. The van der Waals surface area contributed by atoms with Gasteiger partial charge in [0, 0.05) is 61.7 Å². The molecule has 2 aromatic heterocycles. The summed E-state index contributed by atoms with van der Waals surface area (Å²) >= 11 is 0. The summed E-state index contributed by atoms with van der Waals surface area (Å²) in [7, 11) is 0. The Morgan fingerprint density at radius 2 is 1.28 bits per heavy atom. The Balaban J connectivity index is 0.881. The van der Waals surface area contributed by atoms with E-state index in [2.05, 4.69) is 26.3 Å². The topological polar surface area (TPSA) is 421 Å². The molecule has 0 radical (unpaired) electrons. The first-order valence-electron chi connectivity index (χ1n) is 29.2. The number of rotatable bonds is 19. The van der Waals surface area contributed by atoms with Crippen LogP contribution >= 0.6 is 0 Å². The lowest BCUT2D eigenvalue weighted by atomic mass is 9.84. The van der Waals surface area contributed by atoms with Crippen LogP contribution in [0.15, 0.2) is 116 Å². The van der Waals surface area contributed by atoms with Crippen LogP contribution in [0.2, 0.25) is 0 Å². The molecule has 27 heteroatoms. The number of hydrogen-bond acceptors (Lipinski definition) is 22. The molecule has 4 aliphatic rings. The van der Waals surface area contributed by atoms with Gasteiger partial charge in [-0.1, -0.05) is 102 Å². The van der Waals surface area contributed by atoms with E-state index in [1.54, 1.807) is 51.2 Å². The van der Waals surface area contributed by atoms with E-state index in [-0.39, 0.29) is 57.1 Å². The molecule has 2 aliphatic heterocycles. The molecule has 472 valence electrons. The quantitative estimate of drug-likeness (QED) is 0.0474. The van der Waals surface area contributed by atoms with Crippen molar-refractivity contribution in [3.05, 3.63) is 143 Å². The fourth-order valence-corrected chi connectivity index (χ4v) is 11.8. The van der Waals surface area contributed by atoms with Crippen LogP contribution in [-0.4, -0.2) is 197 Å². The van der Waals surface area contributed by atoms with Crippen LogP contribution in [0, 0.1) is 0 Å². The first-order valence-corrected chi connectivity index (χ1v) is 29.2. The maximum Gasteiger partial charge on any atom is 0.419 e. The number of carbonyl (C=O) groups excluding carboxylic acids is 4. The normalized spacial score (nSPS) is 28.7. The van der Waals surface area contributed by atoms with Gasteiger partial charge in [0.2, 0.25) is 11.8 Å². The molecule has 10 rings (SSSR count). The van der Waals surface area contributed by atoms with E-state index in [0.29, 0.717) is 16.5 Å². The molecule has 3 amide bonds. The van der Waals surface area contributed by atoms with Crippen molar-refractivity contribution >= 4 is 34.9 Å². The summed E-state index contributed by atoms with van der Waals surface area (Å²) in [6, 6.07) is 25.7. The Hall–Kier alpha value is -7.32. The minimum atomic E-state index is -1.77. The summed E-state index contributed by atoms with van der Waals surface area (Å²) in [5.74, 6) is -1.73. The van der Waals surface area contributed by atoms with E-state index in [9.17, 15) is 49.8 Å². The highest BCUT2D eigenvalue weighted by Gasteiger charge is 2.52. The van der Waals surface area contributed by atoms with Crippen LogP contribution < -0.4 is 38.9 Å². The molecule has 2 unspecified atom stereocenters. The summed E-state index contributed by atoms with van der Waals surface area (Å²) in [5, 5.41) is 83.5. The number of nitrogens with two attached hydrogens (primary N) is 4. The van der Waals surface area contributed by atoms with E-state index in [0.717, 1.165) is 27.8 Å². The average molecular weight is 1220 g/mol. The van der Waals surface area contributed by atoms with Crippen molar-refractivity contribution in [2.45, 2.75) is 168 Å². The number of nitrogens with one attached hydrogen (secondary N) is 3. The van der Waals surface area contributed by atoms with Crippen molar-refractivity contribution < 1.29 is 78.2 Å². The Morgan fingerprint density at radius 3 is 1.94 bits per heavy atom. The molecule has 1 saturated carbocycles. The van der Waals surface area contributed by atoms with Crippen molar-refractivity contribution in [3.63, 3.8) is 0 Å². The number of aliphatic hydroxyl groups excluding tert-OH is 6. The largest absolute Gasteiger partial charge is 0.449 e. The molecule has 17 N–H and O–H groups in total. The predicted molar refractivity (Wildman–Crippen MR) is 314 cm³/mol. The van der Waals surface area contributed by atoms with Crippen LogP contribution in [0.5, 0.6) is 0 Å². The minimum absolute atomic E-state index is 0.0259. The third-order valence-electron chi connectivity index (χ3n) is 16.4. The van der Waals surface area contributed by atoms with Crippen molar-refractivity contribution in [1.82, 2.24) is 35.5 Å². The van der Waals surface area contributed by atoms with Gasteiger partial charge in [0.05, 0.1) is 29.9 Å². The summed E-state index contributed by atoms with van der Waals surface area (Å²) < 4.78 is 38.0. The molecule has 17 atom stereocenters. The predicted octanol–water partition coefficient (Wildman–Crippen LogP) is -0.760. The smallest absolute Gasteiger partial charge is 0.419 e. The highest BCUT2D eigenvalue weighted by molar-refractivity contribution is 5.95. The SMILES string of the molecule is CC(C)(C)OC(=O)n1cc(CC(NC(=O)C(Cc2cn(C[C@H]3O[C@H](O[C@H]4[C@H](O)[C@@H](O[C@H]5O[C@H](CN)[C@@H](O)[C@H](O)[C@H]5O)[C@H](N)C[C@@H]4N)[C@H](O)[C@@H](N)[C@@H]3O)nn2)NC(=O)OCC2c3ccccc3-c3ccccc32)C(=O)NCc2ccccc2)c2ccccc21. The lowest BCUT2D eigenvalue weighted by Gasteiger charge is -2.48. The van der Waals surface area contributed by atoms with Gasteiger partial charge in [0.15, 0.2) is 12.6 Å². The molecule has 6 aromatic rings. The second-order valence-corrected chi connectivity index (χ2v) is 23.8. The lowest BCUT2D eigenvalue weighted by Crippen LogP contribution is -2.68. The number of amides is 3. The van der Waals surface area contributed by atoms with E-state index in [4.69, 9.17) is 51.4 Å². The summed E-state index contributed by atoms with van der Waals surface area (Å²) in [6.45, 7) is 4.71. The van der Waals surface area contributed by atoms with Crippen molar-refractivity contribution in [2.75, 3.05) is 13.2 Å². The zero-order valence-electron chi connectivity index (χ0n) is 48.7. The first kappa shape index (κ1) is 63.7. The molecule has 0 bridgehead atoms. The molecule has 27 nitrogen and oxygen atoms in total. The Kier molecular flexibility index (Phi) is 19.7. The third kappa shape index (κ3) is 14.1. The van der Waals surface area contributed by atoms with Crippen LogP contribution in [-0.2, 0) is 63.9 Å². The molecule has 2 aliphatic carbocycles. The number of alkyl carbamates (subject to hydrolysis) is 1. The molecule has 0 spiro atoms.